The summed E-state index contributed by atoms with van der Waals surface area (Å²) in [4.78, 5) is 28.6. The van der Waals surface area contributed by atoms with E-state index in [1.165, 1.54) is 4.90 Å². The Labute approximate surface area is 243 Å². The molecule has 1 fully saturated rings. The van der Waals surface area contributed by atoms with Crippen LogP contribution in [0.2, 0.25) is 0 Å². The fourth-order valence-electron chi connectivity index (χ4n) is 4.95. The van der Waals surface area contributed by atoms with E-state index in [9.17, 15) is 18.0 Å². The standard InChI is InChI=1S/C32H39N3O5S/c1-23-18-20-26(21-19-23)41(38,39)34-29(25-15-9-6-10-16-25)28(24-13-7-5-8-14-24)33-30(36)27-17-11-12-22-35(27)31(37)40-32(2,3)4/h5-10,13-16,18-21,27-29,34H,11-12,17,22H2,1-4H3,(H,33,36)/t27-,28-,29-/m0/s1. The van der Waals surface area contributed by atoms with Gasteiger partial charge in [-0.2, -0.15) is 0 Å². The van der Waals surface area contributed by atoms with Gasteiger partial charge in [-0.25, -0.2) is 17.9 Å². The summed E-state index contributed by atoms with van der Waals surface area (Å²) in [5, 5.41) is 3.12. The van der Waals surface area contributed by atoms with Crippen molar-refractivity contribution in [3.05, 3.63) is 102 Å². The first-order valence-electron chi connectivity index (χ1n) is 13.9. The minimum absolute atomic E-state index is 0.130. The summed E-state index contributed by atoms with van der Waals surface area (Å²) in [6, 6.07) is 22.7. The first-order valence-corrected chi connectivity index (χ1v) is 15.4. The molecule has 0 bridgehead atoms. The lowest BCUT2D eigenvalue weighted by atomic mass is 9.93. The van der Waals surface area contributed by atoms with Crippen LogP contribution in [0.5, 0.6) is 0 Å². The number of carbonyl (C=O) groups is 2. The van der Waals surface area contributed by atoms with Crippen LogP contribution in [0, 0.1) is 6.92 Å². The van der Waals surface area contributed by atoms with E-state index >= 15 is 0 Å². The zero-order valence-electron chi connectivity index (χ0n) is 24.0. The maximum absolute atomic E-state index is 13.9. The smallest absolute Gasteiger partial charge is 0.410 e. The second-order valence-electron chi connectivity index (χ2n) is 11.4. The number of nitrogens with zero attached hydrogens (tertiary/aromatic N) is 1. The first kappa shape index (κ1) is 30.3. The molecule has 8 nitrogen and oxygen atoms in total. The number of nitrogens with one attached hydrogen (secondary N) is 2. The van der Waals surface area contributed by atoms with Crippen molar-refractivity contribution in [1.29, 1.82) is 0 Å². The molecule has 9 heteroatoms. The molecule has 41 heavy (non-hydrogen) atoms. The summed E-state index contributed by atoms with van der Waals surface area (Å²) >= 11 is 0. The van der Waals surface area contributed by atoms with E-state index in [1.807, 2.05) is 67.6 Å². The lowest BCUT2D eigenvalue weighted by Crippen LogP contribution is -2.54. The number of hydrogen-bond acceptors (Lipinski definition) is 5. The first-order chi connectivity index (χ1) is 19.4. The van der Waals surface area contributed by atoms with Crippen molar-refractivity contribution in [2.75, 3.05) is 6.54 Å². The molecule has 0 saturated carbocycles. The molecule has 1 aliphatic rings. The molecule has 0 aliphatic carbocycles. The van der Waals surface area contributed by atoms with Crippen LogP contribution in [0.1, 0.15) is 68.8 Å². The number of hydrogen-bond donors (Lipinski definition) is 2. The van der Waals surface area contributed by atoms with Crippen LogP contribution in [-0.2, 0) is 19.6 Å². The van der Waals surface area contributed by atoms with Gasteiger partial charge in [0.1, 0.15) is 11.6 Å². The Morgan fingerprint density at radius 3 is 1.98 bits per heavy atom. The lowest BCUT2D eigenvalue weighted by Gasteiger charge is -2.37. The van der Waals surface area contributed by atoms with Gasteiger partial charge in [-0.15, -0.1) is 0 Å². The average Bonchev–Trinajstić information content (AvgIpc) is 2.95. The number of sulfonamides is 1. The number of rotatable bonds is 8. The number of amides is 2. The van der Waals surface area contributed by atoms with Gasteiger partial charge < -0.3 is 10.1 Å². The lowest BCUT2D eigenvalue weighted by molar-refractivity contribution is -0.128. The summed E-state index contributed by atoms with van der Waals surface area (Å²) in [5.74, 6) is -0.361. The summed E-state index contributed by atoms with van der Waals surface area (Å²) in [7, 11) is -3.97. The Morgan fingerprint density at radius 2 is 1.41 bits per heavy atom. The zero-order valence-corrected chi connectivity index (χ0v) is 24.9. The monoisotopic (exact) mass is 577 g/mol. The van der Waals surface area contributed by atoms with E-state index in [0.29, 0.717) is 18.5 Å². The van der Waals surface area contributed by atoms with Crippen LogP contribution in [0.25, 0.3) is 0 Å². The van der Waals surface area contributed by atoms with E-state index in [1.54, 1.807) is 45.0 Å². The Kier molecular flexibility index (Phi) is 9.50. The summed E-state index contributed by atoms with van der Waals surface area (Å²) in [5.41, 5.74) is 1.65. The van der Waals surface area contributed by atoms with Crippen LogP contribution in [0.15, 0.2) is 89.8 Å². The fraction of sp³-hybridized carbons (Fsp3) is 0.375. The summed E-state index contributed by atoms with van der Waals surface area (Å²) in [6.45, 7) is 7.68. The predicted octanol–water partition coefficient (Wildman–Crippen LogP) is 5.66. The highest BCUT2D eigenvalue weighted by atomic mass is 32.2. The van der Waals surface area contributed by atoms with Crippen molar-refractivity contribution in [3.8, 4) is 0 Å². The molecule has 2 N–H and O–H groups in total. The number of likely N-dealkylation sites (tertiary alicyclic amines) is 1. The number of carbonyl (C=O) groups excluding carboxylic acids is 2. The Bertz CT molecular complexity index is 1420. The van der Waals surface area contributed by atoms with E-state index in [2.05, 4.69) is 10.0 Å². The van der Waals surface area contributed by atoms with Gasteiger partial charge in [-0.1, -0.05) is 78.4 Å². The molecule has 1 saturated heterocycles. The molecule has 2 amide bonds. The Hall–Kier alpha value is -3.69. The average molecular weight is 578 g/mol. The van der Waals surface area contributed by atoms with Crippen LogP contribution in [-0.4, -0.2) is 43.5 Å². The molecular weight excluding hydrogens is 538 g/mol. The van der Waals surface area contributed by atoms with E-state index in [4.69, 9.17) is 4.74 Å². The van der Waals surface area contributed by atoms with Gasteiger partial charge in [0.05, 0.1) is 17.0 Å². The van der Waals surface area contributed by atoms with E-state index in [-0.39, 0.29) is 10.8 Å². The van der Waals surface area contributed by atoms with Gasteiger partial charge in [0, 0.05) is 6.54 Å². The molecule has 1 heterocycles. The van der Waals surface area contributed by atoms with Crippen molar-refractivity contribution in [2.24, 2.45) is 0 Å². The second-order valence-corrected chi connectivity index (χ2v) is 13.1. The van der Waals surface area contributed by atoms with Gasteiger partial charge in [-0.05, 0) is 70.2 Å². The number of aryl methyl sites for hydroxylation is 1. The van der Waals surface area contributed by atoms with Gasteiger partial charge in [-0.3, -0.25) is 9.69 Å². The minimum atomic E-state index is -3.97. The highest BCUT2D eigenvalue weighted by Gasteiger charge is 2.38. The van der Waals surface area contributed by atoms with Gasteiger partial charge in [0.2, 0.25) is 15.9 Å². The number of ether oxygens (including phenoxy) is 1. The highest BCUT2D eigenvalue weighted by Crippen LogP contribution is 2.32. The van der Waals surface area contributed by atoms with Crippen molar-refractivity contribution in [3.63, 3.8) is 0 Å². The van der Waals surface area contributed by atoms with Crippen LogP contribution < -0.4 is 10.0 Å². The molecule has 3 atom stereocenters. The SMILES string of the molecule is Cc1ccc(S(=O)(=O)N[C@@H](c2ccccc2)[C@@H](NC(=O)[C@@H]2CCCCN2C(=O)OC(C)(C)C)c2ccccc2)cc1. The molecule has 0 aromatic heterocycles. The van der Waals surface area contributed by atoms with Gasteiger partial charge in [0.15, 0.2) is 0 Å². The fourth-order valence-corrected chi connectivity index (χ4v) is 6.19. The maximum atomic E-state index is 13.9. The molecule has 218 valence electrons. The van der Waals surface area contributed by atoms with Crippen LogP contribution >= 0.6 is 0 Å². The number of piperidine rings is 1. The molecular formula is C32H39N3O5S. The largest absolute Gasteiger partial charge is 0.444 e. The highest BCUT2D eigenvalue weighted by molar-refractivity contribution is 7.89. The molecule has 3 aromatic rings. The third-order valence-corrected chi connectivity index (χ3v) is 8.45. The zero-order chi connectivity index (χ0) is 29.6. The third-order valence-electron chi connectivity index (χ3n) is 7.00. The number of benzene rings is 3. The molecule has 1 aliphatic heterocycles. The van der Waals surface area contributed by atoms with Crippen molar-refractivity contribution < 1.29 is 22.7 Å². The minimum Gasteiger partial charge on any atom is -0.444 e. The molecule has 4 rings (SSSR count). The maximum Gasteiger partial charge on any atom is 0.410 e. The van der Waals surface area contributed by atoms with E-state index in [0.717, 1.165) is 24.0 Å². The molecule has 0 spiro atoms. The van der Waals surface area contributed by atoms with Gasteiger partial charge in [0.25, 0.3) is 0 Å². The normalized spacial score (nSPS) is 17.4. The van der Waals surface area contributed by atoms with Crippen molar-refractivity contribution >= 4 is 22.0 Å². The quantitative estimate of drug-likeness (QED) is 0.359. The molecule has 3 aromatic carbocycles. The van der Waals surface area contributed by atoms with Crippen molar-refractivity contribution in [1.82, 2.24) is 14.9 Å². The van der Waals surface area contributed by atoms with Crippen LogP contribution in [0.4, 0.5) is 4.79 Å². The Balaban J connectivity index is 1.71. The van der Waals surface area contributed by atoms with E-state index < -0.39 is 39.8 Å². The van der Waals surface area contributed by atoms with Crippen LogP contribution in [0.3, 0.4) is 0 Å². The van der Waals surface area contributed by atoms with Gasteiger partial charge >= 0.3 is 6.09 Å². The summed E-state index contributed by atoms with van der Waals surface area (Å²) < 4.78 is 35.7. The summed E-state index contributed by atoms with van der Waals surface area (Å²) in [6.07, 6.45) is 1.51. The second kappa shape index (κ2) is 12.9. The third kappa shape index (κ3) is 7.95. The topological polar surface area (TPSA) is 105 Å². The Morgan fingerprint density at radius 1 is 0.854 bits per heavy atom. The van der Waals surface area contributed by atoms with Crippen molar-refractivity contribution in [2.45, 2.75) is 75.6 Å². The predicted molar refractivity (Wildman–Crippen MR) is 159 cm³/mol. The molecule has 0 radical (unpaired) electrons. The molecule has 0 unspecified atom stereocenters.